The smallest absolute Gasteiger partial charge is 0.257 e. The molecule has 0 heterocycles. The van der Waals surface area contributed by atoms with Crippen LogP contribution in [0.5, 0.6) is 0 Å². The number of halogens is 1. The summed E-state index contributed by atoms with van der Waals surface area (Å²) in [5, 5.41) is 5.65. The first-order valence-electron chi connectivity index (χ1n) is 7.16. The molecule has 0 fully saturated rings. The first-order chi connectivity index (χ1) is 11.4. The lowest BCUT2D eigenvalue weighted by atomic mass is 10.2. The molecule has 2 amide bonds. The molecule has 0 saturated heterocycles. The molecular formula is C17H19ClN4O2S. The molecule has 2 aromatic rings. The number of rotatable bonds is 4. The molecule has 0 bridgehead atoms. The zero-order chi connectivity index (χ0) is 17.7. The minimum atomic E-state index is -0.501. The van der Waals surface area contributed by atoms with Gasteiger partial charge in [0.2, 0.25) is 5.91 Å². The van der Waals surface area contributed by atoms with E-state index in [0.29, 0.717) is 16.8 Å². The van der Waals surface area contributed by atoms with Gasteiger partial charge in [0, 0.05) is 36.6 Å². The maximum Gasteiger partial charge on any atom is 0.257 e. The lowest BCUT2D eigenvalue weighted by Crippen LogP contribution is -2.34. The summed E-state index contributed by atoms with van der Waals surface area (Å²) in [6.07, 6.45) is 0. The van der Waals surface area contributed by atoms with Crippen molar-refractivity contribution in [2.45, 2.75) is 0 Å². The van der Waals surface area contributed by atoms with Gasteiger partial charge in [0.25, 0.3) is 5.91 Å². The van der Waals surface area contributed by atoms with E-state index in [0.717, 1.165) is 5.69 Å². The molecule has 132 valence electrons. The summed E-state index contributed by atoms with van der Waals surface area (Å²) >= 11 is 5.12. The number of amides is 2. The fourth-order valence-electron chi connectivity index (χ4n) is 1.97. The number of hydrogen-bond donors (Lipinski definition) is 3. The van der Waals surface area contributed by atoms with Gasteiger partial charge in [-0.15, -0.1) is 12.4 Å². The second kappa shape index (κ2) is 9.00. The molecule has 0 spiro atoms. The number of thiocarbonyl (C=S) groups is 1. The molecule has 0 aliphatic rings. The number of nitrogens with zero attached hydrogens (tertiary/aromatic N) is 1. The summed E-state index contributed by atoms with van der Waals surface area (Å²) in [4.78, 5) is 25.1. The summed E-state index contributed by atoms with van der Waals surface area (Å²) in [5.74, 6) is -0.801. The minimum Gasteiger partial charge on any atom is -0.378 e. The Morgan fingerprint density at radius 2 is 1.48 bits per heavy atom. The van der Waals surface area contributed by atoms with E-state index in [1.807, 2.05) is 31.1 Å². The number of primary amides is 1. The average Bonchev–Trinajstić information content (AvgIpc) is 2.55. The third-order valence-electron chi connectivity index (χ3n) is 3.30. The minimum absolute atomic E-state index is 0. The zero-order valence-electron chi connectivity index (χ0n) is 13.8. The van der Waals surface area contributed by atoms with Crippen molar-refractivity contribution in [1.82, 2.24) is 5.32 Å². The summed E-state index contributed by atoms with van der Waals surface area (Å²) in [6.45, 7) is 0. The predicted octanol–water partition coefficient (Wildman–Crippen LogP) is 2.40. The second-order valence-corrected chi connectivity index (χ2v) is 5.70. The van der Waals surface area contributed by atoms with Crippen LogP contribution in [0.1, 0.15) is 20.7 Å². The number of carbonyl (C=O) groups is 2. The fourth-order valence-corrected chi connectivity index (χ4v) is 2.18. The highest BCUT2D eigenvalue weighted by Crippen LogP contribution is 2.12. The van der Waals surface area contributed by atoms with Crippen LogP contribution in [0.25, 0.3) is 0 Å². The highest BCUT2D eigenvalue weighted by Gasteiger charge is 2.08. The number of nitrogens with two attached hydrogens (primary N) is 1. The molecule has 6 nitrogen and oxygen atoms in total. The molecular weight excluding hydrogens is 360 g/mol. The molecule has 0 aromatic heterocycles. The van der Waals surface area contributed by atoms with Crippen molar-refractivity contribution in [3.05, 3.63) is 59.7 Å². The molecule has 8 heteroatoms. The maximum absolute atomic E-state index is 12.2. The molecule has 4 N–H and O–H groups in total. The quantitative estimate of drug-likeness (QED) is 0.711. The van der Waals surface area contributed by atoms with Crippen molar-refractivity contribution in [3.8, 4) is 0 Å². The van der Waals surface area contributed by atoms with Crippen LogP contribution in [0.2, 0.25) is 0 Å². The van der Waals surface area contributed by atoms with Crippen molar-refractivity contribution in [2.24, 2.45) is 5.73 Å². The average molecular weight is 379 g/mol. The van der Waals surface area contributed by atoms with Crippen LogP contribution in [-0.4, -0.2) is 31.0 Å². The normalized spacial score (nSPS) is 9.52. The van der Waals surface area contributed by atoms with E-state index in [1.54, 1.807) is 36.4 Å². The van der Waals surface area contributed by atoms with Gasteiger partial charge in [0.05, 0.1) is 0 Å². The Hall–Kier alpha value is -2.64. The van der Waals surface area contributed by atoms with Crippen LogP contribution < -0.4 is 21.3 Å². The van der Waals surface area contributed by atoms with Gasteiger partial charge in [-0.2, -0.15) is 0 Å². The summed E-state index contributed by atoms with van der Waals surface area (Å²) in [6, 6.07) is 13.6. The van der Waals surface area contributed by atoms with Crippen molar-refractivity contribution in [2.75, 3.05) is 24.3 Å². The van der Waals surface area contributed by atoms with Crippen molar-refractivity contribution in [3.63, 3.8) is 0 Å². The van der Waals surface area contributed by atoms with Gasteiger partial charge in [-0.3, -0.25) is 14.9 Å². The van der Waals surface area contributed by atoms with Crippen molar-refractivity contribution >= 4 is 52.9 Å². The third-order valence-corrected chi connectivity index (χ3v) is 3.50. The van der Waals surface area contributed by atoms with Gasteiger partial charge < -0.3 is 16.0 Å². The number of anilines is 2. The van der Waals surface area contributed by atoms with Crippen LogP contribution >= 0.6 is 24.6 Å². The molecule has 0 unspecified atom stereocenters. The largest absolute Gasteiger partial charge is 0.378 e. The molecule has 0 atom stereocenters. The summed E-state index contributed by atoms with van der Waals surface area (Å²) in [5.41, 5.74) is 7.74. The highest BCUT2D eigenvalue weighted by molar-refractivity contribution is 7.80. The predicted molar refractivity (Wildman–Crippen MR) is 107 cm³/mol. The molecule has 0 saturated carbocycles. The number of carbonyl (C=O) groups excluding carboxylic acids is 2. The maximum atomic E-state index is 12.2. The van der Waals surface area contributed by atoms with E-state index in [9.17, 15) is 9.59 Å². The monoisotopic (exact) mass is 378 g/mol. The van der Waals surface area contributed by atoms with Crippen LogP contribution in [0.3, 0.4) is 0 Å². The zero-order valence-corrected chi connectivity index (χ0v) is 15.4. The van der Waals surface area contributed by atoms with E-state index in [4.69, 9.17) is 18.0 Å². The third kappa shape index (κ3) is 5.74. The van der Waals surface area contributed by atoms with E-state index in [2.05, 4.69) is 10.6 Å². The first kappa shape index (κ1) is 20.4. The Balaban J connectivity index is 0.00000312. The Morgan fingerprint density at radius 3 is 1.96 bits per heavy atom. The first-order valence-corrected chi connectivity index (χ1v) is 7.57. The van der Waals surface area contributed by atoms with Gasteiger partial charge in [0.1, 0.15) is 0 Å². The van der Waals surface area contributed by atoms with E-state index in [1.165, 1.54) is 0 Å². The van der Waals surface area contributed by atoms with Crippen LogP contribution in [0.15, 0.2) is 48.5 Å². The Morgan fingerprint density at radius 1 is 0.960 bits per heavy atom. The summed E-state index contributed by atoms with van der Waals surface area (Å²) < 4.78 is 0. The molecule has 2 aromatic carbocycles. The topological polar surface area (TPSA) is 87.5 Å². The van der Waals surface area contributed by atoms with E-state index in [-0.39, 0.29) is 23.4 Å². The lowest BCUT2D eigenvalue weighted by molar-refractivity contribution is 0.0975. The van der Waals surface area contributed by atoms with Gasteiger partial charge in [0.15, 0.2) is 5.11 Å². The van der Waals surface area contributed by atoms with Gasteiger partial charge >= 0.3 is 0 Å². The van der Waals surface area contributed by atoms with Gasteiger partial charge in [-0.05, 0) is 60.7 Å². The summed E-state index contributed by atoms with van der Waals surface area (Å²) in [7, 11) is 3.86. The van der Waals surface area contributed by atoms with Crippen molar-refractivity contribution in [1.29, 1.82) is 0 Å². The molecule has 2 rings (SSSR count). The van der Waals surface area contributed by atoms with E-state index < -0.39 is 5.91 Å². The highest BCUT2D eigenvalue weighted by atomic mass is 35.5. The van der Waals surface area contributed by atoms with Gasteiger partial charge in [-0.1, -0.05) is 0 Å². The number of benzene rings is 2. The Kier molecular flexibility index (Phi) is 7.35. The molecule has 0 aliphatic heterocycles. The Bertz CT molecular complexity index is 761. The van der Waals surface area contributed by atoms with Crippen LogP contribution in [0.4, 0.5) is 11.4 Å². The SMILES string of the molecule is CN(C)c1ccc(C(=O)NC(=S)Nc2ccc(C(N)=O)cc2)cc1.Cl. The Labute approximate surface area is 157 Å². The molecule has 0 radical (unpaired) electrons. The second-order valence-electron chi connectivity index (χ2n) is 5.29. The van der Waals surface area contributed by atoms with E-state index >= 15 is 0 Å². The number of hydrogen-bond acceptors (Lipinski definition) is 4. The van der Waals surface area contributed by atoms with Crippen LogP contribution in [0, 0.1) is 0 Å². The molecule has 25 heavy (non-hydrogen) atoms. The molecule has 0 aliphatic carbocycles. The van der Waals surface area contributed by atoms with Crippen LogP contribution in [-0.2, 0) is 0 Å². The number of nitrogens with one attached hydrogen (secondary N) is 2. The lowest BCUT2D eigenvalue weighted by Gasteiger charge is -2.13. The van der Waals surface area contributed by atoms with Crippen molar-refractivity contribution < 1.29 is 9.59 Å². The van der Waals surface area contributed by atoms with Gasteiger partial charge in [-0.25, -0.2) is 0 Å². The fraction of sp³-hybridized carbons (Fsp3) is 0.118. The standard InChI is InChI=1S/C17H18N4O2S.ClH/c1-21(2)14-9-5-12(6-10-14)16(23)20-17(24)19-13-7-3-11(4-8-13)15(18)22;/h3-10H,1-2H3,(H2,18,22)(H2,19,20,23,24);1H.